The highest BCUT2D eigenvalue weighted by atomic mass is 32.2. The van der Waals surface area contributed by atoms with Gasteiger partial charge in [-0.15, -0.1) is 0 Å². The first-order valence-electron chi connectivity index (χ1n) is 9.09. The number of rotatable bonds is 7. The molecule has 1 atom stereocenters. The van der Waals surface area contributed by atoms with Gasteiger partial charge in [0.2, 0.25) is 11.8 Å². The lowest BCUT2D eigenvalue weighted by Gasteiger charge is -2.32. The van der Waals surface area contributed by atoms with Crippen LogP contribution in [0.3, 0.4) is 0 Å². The third-order valence-electron chi connectivity index (χ3n) is 4.53. The van der Waals surface area contributed by atoms with Gasteiger partial charge in [0.1, 0.15) is 0 Å². The van der Waals surface area contributed by atoms with E-state index in [1.807, 2.05) is 48.5 Å². The van der Waals surface area contributed by atoms with Gasteiger partial charge in [-0.1, -0.05) is 54.6 Å². The Morgan fingerprint density at radius 2 is 1.81 bits per heavy atom. The van der Waals surface area contributed by atoms with Gasteiger partial charge in [0.15, 0.2) is 0 Å². The monoisotopic (exact) mass is 380 g/mol. The van der Waals surface area contributed by atoms with Crippen molar-refractivity contribution >= 4 is 29.7 Å². The van der Waals surface area contributed by atoms with Crippen LogP contribution < -0.4 is 5.32 Å². The summed E-state index contributed by atoms with van der Waals surface area (Å²) in [5.41, 5.74) is 3.37. The number of thioether (sulfide) groups is 1. The van der Waals surface area contributed by atoms with E-state index >= 15 is 0 Å². The zero-order valence-electron chi connectivity index (χ0n) is 15.4. The highest BCUT2D eigenvalue weighted by molar-refractivity contribution is 7.98. The van der Waals surface area contributed by atoms with Crippen molar-refractivity contribution < 1.29 is 9.59 Å². The molecule has 5 heteroatoms. The number of benzene rings is 2. The summed E-state index contributed by atoms with van der Waals surface area (Å²) in [6, 6.07) is 18.0. The van der Waals surface area contributed by atoms with Gasteiger partial charge in [0, 0.05) is 31.2 Å². The largest absolute Gasteiger partial charge is 0.355 e. The molecule has 0 unspecified atom stereocenters. The molecule has 0 spiro atoms. The van der Waals surface area contributed by atoms with Crippen LogP contribution in [0.25, 0.3) is 6.08 Å². The number of carbonyl (C=O) groups excluding carboxylic acids is 2. The molecule has 2 amide bonds. The lowest BCUT2D eigenvalue weighted by molar-refractivity contribution is -0.129. The van der Waals surface area contributed by atoms with Crippen molar-refractivity contribution in [1.29, 1.82) is 0 Å². The molecule has 1 N–H and O–H groups in total. The molecular weight excluding hydrogens is 356 g/mol. The molecule has 1 heterocycles. The zero-order chi connectivity index (χ0) is 19.1. The highest BCUT2D eigenvalue weighted by Crippen LogP contribution is 2.32. The first-order chi connectivity index (χ1) is 13.1. The number of amides is 2. The van der Waals surface area contributed by atoms with Gasteiger partial charge in [-0.25, -0.2) is 0 Å². The number of nitrogens with one attached hydrogen (secondary N) is 1. The second-order valence-electron chi connectivity index (χ2n) is 6.48. The fourth-order valence-electron chi connectivity index (χ4n) is 3.19. The van der Waals surface area contributed by atoms with Crippen molar-refractivity contribution in [1.82, 2.24) is 10.2 Å². The second-order valence-corrected chi connectivity index (χ2v) is 7.58. The Labute approximate surface area is 164 Å². The fraction of sp³-hybridized carbons (Fsp3) is 0.273. The van der Waals surface area contributed by atoms with Crippen molar-refractivity contribution in [3.8, 4) is 0 Å². The van der Waals surface area contributed by atoms with Crippen LogP contribution >= 0.6 is 11.8 Å². The van der Waals surface area contributed by atoms with Crippen LogP contribution in [0.5, 0.6) is 0 Å². The molecule has 2 aromatic carbocycles. The molecule has 27 heavy (non-hydrogen) atoms. The van der Waals surface area contributed by atoms with Crippen molar-refractivity contribution in [2.75, 3.05) is 12.3 Å². The van der Waals surface area contributed by atoms with E-state index in [4.69, 9.17) is 0 Å². The minimum atomic E-state index is -0.249. The van der Waals surface area contributed by atoms with E-state index < -0.39 is 0 Å². The predicted octanol–water partition coefficient (Wildman–Crippen LogP) is 4.00. The van der Waals surface area contributed by atoms with E-state index in [0.717, 1.165) is 22.6 Å². The molecule has 0 fully saturated rings. The minimum absolute atomic E-state index is 0.0309. The smallest absolute Gasteiger partial charge is 0.223 e. The number of fused-ring (bicyclic) bond motifs is 1. The van der Waals surface area contributed by atoms with Crippen LogP contribution in [0.1, 0.15) is 36.1 Å². The number of hydrogen-bond acceptors (Lipinski definition) is 3. The Morgan fingerprint density at radius 1 is 1.07 bits per heavy atom. The van der Waals surface area contributed by atoms with Gasteiger partial charge in [0.25, 0.3) is 0 Å². The summed E-state index contributed by atoms with van der Waals surface area (Å²) in [6.45, 7) is 2.16. The summed E-state index contributed by atoms with van der Waals surface area (Å²) in [6.07, 6.45) is 3.97. The molecular formula is C22H24N2O2S. The molecule has 0 radical (unpaired) electrons. The van der Waals surface area contributed by atoms with Gasteiger partial charge in [-0.3, -0.25) is 9.59 Å². The maximum Gasteiger partial charge on any atom is 0.223 e. The lowest BCUT2D eigenvalue weighted by atomic mass is 9.93. The maximum absolute atomic E-state index is 12.4. The molecule has 140 valence electrons. The molecule has 0 bridgehead atoms. The SMILES string of the molecule is CC(=O)N1C=Cc2ccccc2[C@H]1CC(=O)NCCSCc1ccccc1. The summed E-state index contributed by atoms with van der Waals surface area (Å²) < 4.78 is 0. The Kier molecular flexibility index (Phi) is 6.71. The van der Waals surface area contributed by atoms with Crippen molar-refractivity contribution in [2.24, 2.45) is 0 Å². The Bertz CT molecular complexity index is 820. The van der Waals surface area contributed by atoms with Crippen molar-refractivity contribution in [3.05, 3.63) is 77.5 Å². The van der Waals surface area contributed by atoms with E-state index in [2.05, 4.69) is 17.4 Å². The highest BCUT2D eigenvalue weighted by Gasteiger charge is 2.27. The van der Waals surface area contributed by atoms with Crippen molar-refractivity contribution in [2.45, 2.75) is 25.1 Å². The minimum Gasteiger partial charge on any atom is -0.355 e. The topological polar surface area (TPSA) is 49.4 Å². The second kappa shape index (κ2) is 9.42. The zero-order valence-corrected chi connectivity index (χ0v) is 16.2. The summed E-state index contributed by atoms with van der Waals surface area (Å²) in [5, 5.41) is 2.98. The van der Waals surface area contributed by atoms with Crippen LogP contribution in [0.2, 0.25) is 0 Å². The van der Waals surface area contributed by atoms with Crippen LogP contribution in [0.15, 0.2) is 60.8 Å². The van der Waals surface area contributed by atoms with Crippen LogP contribution in [0.4, 0.5) is 0 Å². The fourth-order valence-corrected chi connectivity index (χ4v) is 4.01. The molecule has 1 aliphatic heterocycles. The van der Waals surface area contributed by atoms with Crippen LogP contribution in [0, 0.1) is 0 Å². The summed E-state index contributed by atoms with van der Waals surface area (Å²) in [4.78, 5) is 26.1. The first kappa shape index (κ1) is 19.2. The number of hydrogen-bond donors (Lipinski definition) is 1. The first-order valence-corrected chi connectivity index (χ1v) is 10.2. The number of carbonyl (C=O) groups is 2. The molecule has 0 aliphatic carbocycles. The van der Waals surface area contributed by atoms with E-state index in [1.165, 1.54) is 12.5 Å². The van der Waals surface area contributed by atoms with Gasteiger partial charge in [-0.05, 0) is 22.8 Å². The van der Waals surface area contributed by atoms with E-state index in [1.54, 1.807) is 22.9 Å². The molecule has 4 nitrogen and oxygen atoms in total. The van der Waals surface area contributed by atoms with Gasteiger partial charge in [-0.2, -0.15) is 11.8 Å². The van der Waals surface area contributed by atoms with Crippen molar-refractivity contribution in [3.63, 3.8) is 0 Å². The van der Waals surface area contributed by atoms with Crippen LogP contribution in [-0.4, -0.2) is 29.0 Å². The molecule has 0 aromatic heterocycles. The molecule has 2 aromatic rings. The average Bonchev–Trinajstić information content (AvgIpc) is 2.68. The third kappa shape index (κ3) is 5.23. The Hall–Kier alpha value is -2.53. The standard InChI is InChI=1S/C22H24N2O2S/c1-17(25)24-13-11-19-9-5-6-10-20(19)21(24)15-22(26)23-12-14-27-16-18-7-3-2-4-8-18/h2-11,13,21H,12,14-16H2,1H3,(H,23,26)/t21-/m1/s1. The molecule has 1 aliphatic rings. The normalized spacial score (nSPS) is 15.3. The Morgan fingerprint density at radius 3 is 2.59 bits per heavy atom. The maximum atomic E-state index is 12.4. The molecule has 0 saturated heterocycles. The van der Waals surface area contributed by atoms with Gasteiger partial charge in [0.05, 0.1) is 12.5 Å². The van der Waals surface area contributed by atoms with E-state index in [9.17, 15) is 9.59 Å². The molecule has 0 saturated carbocycles. The predicted molar refractivity (Wildman–Crippen MR) is 111 cm³/mol. The van der Waals surface area contributed by atoms with E-state index in [0.29, 0.717) is 6.54 Å². The summed E-state index contributed by atoms with van der Waals surface area (Å²) >= 11 is 1.80. The number of nitrogens with zero attached hydrogens (tertiary/aromatic N) is 1. The summed E-state index contributed by atoms with van der Waals surface area (Å²) in [5.74, 6) is 1.71. The Balaban J connectivity index is 1.50. The van der Waals surface area contributed by atoms with Gasteiger partial charge >= 0.3 is 0 Å². The molecule has 3 rings (SSSR count). The van der Waals surface area contributed by atoms with Gasteiger partial charge < -0.3 is 10.2 Å². The summed E-state index contributed by atoms with van der Waals surface area (Å²) in [7, 11) is 0. The average molecular weight is 381 g/mol. The third-order valence-corrected chi connectivity index (χ3v) is 5.56. The van der Waals surface area contributed by atoms with Crippen LogP contribution in [-0.2, 0) is 15.3 Å². The van der Waals surface area contributed by atoms with E-state index in [-0.39, 0.29) is 24.3 Å². The quantitative estimate of drug-likeness (QED) is 0.739. The lowest BCUT2D eigenvalue weighted by Crippen LogP contribution is -2.35.